The molecule has 0 saturated carbocycles. The first kappa shape index (κ1) is 15.5. The smallest absolute Gasteiger partial charge is 0.170 e. The lowest BCUT2D eigenvalue weighted by atomic mass is 10.1. The van der Waals surface area contributed by atoms with Gasteiger partial charge in [-0.1, -0.05) is 12.6 Å². The van der Waals surface area contributed by atoms with E-state index in [0.717, 1.165) is 18.7 Å². The van der Waals surface area contributed by atoms with Crippen LogP contribution in [0.5, 0.6) is 0 Å². The van der Waals surface area contributed by atoms with Crippen LogP contribution in [0.15, 0.2) is 25.0 Å². The molecule has 0 aliphatic heterocycles. The van der Waals surface area contributed by atoms with Crippen molar-refractivity contribution in [2.45, 2.75) is 27.2 Å². The van der Waals surface area contributed by atoms with E-state index in [1.54, 1.807) is 0 Å². The van der Waals surface area contributed by atoms with Crippen molar-refractivity contribution in [1.82, 2.24) is 5.32 Å². The molecule has 0 amide bonds. The first-order chi connectivity index (χ1) is 9.04. The van der Waals surface area contributed by atoms with E-state index in [1.165, 1.54) is 23.0 Å². The van der Waals surface area contributed by atoms with E-state index in [4.69, 9.17) is 17.0 Å². The highest BCUT2D eigenvalue weighted by molar-refractivity contribution is 7.80. The summed E-state index contributed by atoms with van der Waals surface area (Å²) in [5, 5.41) is 7.03. The molecule has 0 aliphatic rings. The Balaban J connectivity index is 2.44. The summed E-state index contributed by atoms with van der Waals surface area (Å²) in [4.78, 5) is 0. The fraction of sp³-hybridized carbons (Fsp3) is 0.400. The first-order valence-electron chi connectivity index (χ1n) is 6.40. The number of rotatable bonds is 6. The minimum Gasteiger partial charge on any atom is -0.502 e. The van der Waals surface area contributed by atoms with Gasteiger partial charge in [-0.3, -0.25) is 0 Å². The highest BCUT2D eigenvalue weighted by Crippen LogP contribution is 2.19. The maximum Gasteiger partial charge on any atom is 0.170 e. The summed E-state index contributed by atoms with van der Waals surface area (Å²) in [5.74, 6) is 0. The third-order valence-corrected chi connectivity index (χ3v) is 3.18. The number of ether oxygens (including phenoxy) is 1. The molecular weight excluding hydrogens is 256 g/mol. The summed E-state index contributed by atoms with van der Waals surface area (Å²) in [5.41, 5.74) is 4.81. The van der Waals surface area contributed by atoms with Crippen molar-refractivity contribution in [2.24, 2.45) is 0 Å². The average Bonchev–Trinajstić information content (AvgIpc) is 2.35. The largest absolute Gasteiger partial charge is 0.502 e. The van der Waals surface area contributed by atoms with Gasteiger partial charge in [0.25, 0.3) is 0 Å². The Morgan fingerprint density at radius 2 is 1.95 bits per heavy atom. The van der Waals surface area contributed by atoms with Crippen molar-refractivity contribution in [1.29, 1.82) is 0 Å². The Morgan fingerprint density at radius 3 is 2.63 bits per heavy atom. The van der Waals surface area contributed by atoms with Gasteiger partial charge in [0.05, 0.1) is 12.9 Å². The summed E-state index contributed by atoms with van der Waals surface area (Å²) in [6, 6.07) is 4.29. The lowest BCUT2D eigenvalue weighted by Gasteiger charge is -2.14. The molecule has 4 heteroatoms. The summed E-state index contributed by atoms with van der Waals surface area (Å²) in [6.45, 7) is 11.2. The predicted octanol–water partition coefficient (Wildman–Crippen LogP) is 3.45. The molecule has 19 heavy (non-hydrogen) atoms. The van der Waals surface area contributed by atoms with Crippen molar-refractivity contribution in [3.8, 4) is 0 Å². The number of hydrogen-bond donors (Lipinski definition) is 2. The molecule has 0 unspecified atom stereocenters. The lowest BCUT2D eigenvalue weighted by molar-refractivity contribution is 0.247. The molecule has 0 aromatic heterocycles. The van der Waals surface area contributed by atoms with Crippen LogP contribution in [0.2, 0.25) is 0 Å². The molecule has 0 aliphatic carbocycles. The fourth-order valence-corrected chi connectivity index (χ4v) is 1.91. The number of nitrogens with one attached hydrogen (secondary N) is 2. The molecule has 0 bridgehead atoms. The molecule has 0 fully saturated rings. The normalized spacial score (nSPS) is 9.84. The molecular formula is C15H22N2OS. The average molecular weight is 278 g/mol. The SMILES string of the molecule is C=COCCCNC(=S)Nc1cc(C)c(C)cc1C. The standard InChI is InChI=1S/C15H22N2OS/c1-5-18-8-6-7-16-15(19)17-14-10-12(3)11(2)9-13(14)4/h5,9-10H,1,6-8H2,2-4H3,(H2,16,17,19). The summed E-state index contributed by atoms with van der Waals surface area (Å²) in [6.07, 6.45) is 2.34. The molecule has 1 aromatic rings. The Bertz CT molecular complexity index is 458. The van der Waals surface area contributed by atoms with E-state index in [9.17, 15) is 0 Å². The van der Waals surface area contributed by atoms with Crippen molar-refractivity contribution in [3.05, 3.63) is 41.7 Å². The van der Waals surface area contributed by atoms with E-state index < -0.39 is 0 Å². The van der Waals surface area contributed by atoms with Crippen LogP contribution in [0.4, 0.5) is 5.69 Å². The Hall–Kier alpha value is -1.55. The molecule has 0 atom stereocenters. The quantitative estimate of drug-likeness (QED) is 0.474. The van der Waals surface area contributed by atoms with Crippen molar-refractivity contribution in [2.75, 3.05) is 18.5 Å². The van der Waals surface area contributed by atoms with Crippen molar-refractivity contribution in [3.63, 3.8) is 0 Å². The van der Waals surface area contributed by atoms with Crippen LogP contribution < -0.4 is 10.6 Å². The van der Waals surface area contributed by atoms with Gasteiger partial charge in [-0.05, 0) is 62.2 Å². The third kappa shape index (κ3) is 5.30. The van der Waals surface area contributed by atoms with E-state index in [1.807, 2.05) is 0 Å². The minimum atomic E-state index is 0.643. The van der Waals surface area contributed by atoms with Crippen LogP contribution in [0.3, 0.4) is 0 Å². The highest BCUT2D eigenvalue weighted by atomic mass is 32.1. The molecule has 1 rings (SSSR count). The maximum atomic E-state index is 5.27. The van der Waals surface area contributed by atoms with Crippen LogP contribution in [0.25, 0.3) is 0 Å². The van der Waals surface area contributed by atoms with E-state index in [-0.39, 0.29) is 0 Å². The number of aryl methyl sites for hydroxylation is 3. The second-order valence-electron chi connectivity index (χ2n) is 4.52. The number of benzene rings is 1. The molecule has 0 saturated heterocycles. The Labute approximate surface area is 121 Å². The lowest BCUT2D eigenvalue weighted by Crippen LogP contribution is -2.30. The topological polar surface area (TPSA) is 33.3 Å². The molecule has 0 spiro atoms. The van der Waals surface area contributed by atoms with Gasteiger partial charge in [-0.2, -0.15) is 0 Å². The van der Waals surface area contributed by atoms with Crippen molar-refractivity contribution < 1.29 is 4.74 Å². The van der Waals surface area contributed by atoms with Crippen LogP contribution in [0.1, 0.15) is 23.1 Å². The number of thiocarbonyl (C=S) groups is 1. The second kappa shape index (κ2) is 7.79. The molecule has 1 aromatic carbocycles. The van der Waals surface area contributed by atoms with Gasteiger partial charge in [0.1, 0.15) is 0 Å². The van der Waals surface area contributed by atoms with Gasteiger partial charge in [0, 0.05) is 12.2 Å². The maximum absolute atomic E-state index is 5.27. The predicted molar refractivity (Wildman–Crippen MR) is 85.6 cm³/mol. The molecule has 0 heterocycles. The van der Waals surface area contributed by atoms with Gasteiger partial charge >= 0.3 is 0 Å². The molecule has 2 N–H and O–H groups in total. The molecule has 0 radical (unpaired) electrons. The van der Waals surface area contributed by atoms with Crippen LogP contribution in [-0.4, -0.2) is 18.3 Å². The van der Waals surface area contributed by atoms with Crippen LogP contribution in [0, 0.1) is 20.8 Å². The van der Waals surface area contributed by atoms with Gasteiger partial charge in [0.15, 0.2) is 5.11 Å². The molecule has 104 valence electrons. The van der Waals surface area contributed by atoms with Crippen molar-refractivity contribution >= 4 is 23.0 Å². The van der Waals surface area contributed by atoms with E-state index >= 15 is 0 Å². The zero-order chi connectivity index (χ0) is 14.3. The zero-order valence-electron chi connectivity index (χ0n) is 11.9. The van der Waals surface area contributed by atoms with E-state index in [0.29, 0.717) is 11.7 Å². The Morgan fingerprint density at radius 1 is 1.26 bits per heavy atom. The monoisotopic (exact) mass is 278 g/mol. The highest BCUT2D eigenvalue weighted by Gasteiger charge is 2.03. The van der Waals surface area contributed by atoms with Gasteiger partial charge < -0.3 is 15.4 Å². The van der Waals surface area contributed by atoms with Gasteiger partial charge in [-0.15, -0.1) is 0 Å². The zero-order valence-corrected chi connectivity index (χ0v) is 12.7. The van der Waals surface area contributed by atoms with Crippen LogP contribution in [-0.2, 0) is 4.74 Å². The third-order valence-electron chi connectivity index (χ3n) is 2.93. The van der Waals surface area contributed by atoms with Gasteiger partial charge in [0.2, 0.25) is 0 Å². The van der Waals surface area contributed by atoms with Crippen LogP contribution >= 0.6 is 12.2 Å². The summed E-state index contributed by atoms with van der Waals surface area (Å²) < 4.78 is 5.04. The first-order valence-corrected chi connectivity index (χ1v) is 6.80. The Kier molecular flexibility index (Phi) is 6.36. The summed E-state index contributed by atoms with van der Waals surface area (Å²) in [7, 11) is 0. The van der Waals surface area contributed by atoms with Gasteiger partial charge in [-0.25, -0.2) is 0 Å². The fourth-order valence-electron chi connectivity index (χ4n) is 1.70. The summed E-state index contributed by atoms with van der Waals surface area (Å²) >= 11 is 5.27. The molecule has 3 nitrogen and oxygen atoms in total. The second-order valence-corrected chi connectivity index (χ2v) is 4.93. The number of hydrogen-bond acceptors (Lipinski definition) is 2. The van der Waals surface area contributed by atoms with E-state index in [2.05, 4.69) is 50.1 Å². The number of anilines is 1. The minimum absolute atomic E-state index is 0.643.